The first-order chi connectivity index (χ1) is 17.8. The van der Waals surface area contributed by atoms with Gasteiger partial charge in [0.15, 0.2) is 0 Å². The highest BCUT2D eigenvalue weighted by Crippen LogP contribution is 2.36. The van der Waals surface area contributed by atoms with Gasteiger partial charge in [-0.3, -0.25) is 15.4 Å². The minimum absolute atomic E-state index is 0.0659. The van der Waals surface area contributed by atoms with E-state index in [0.717, 1.165) is 82.5 Å². The molecule has 2 heterocycles. The molecule has 4 aromatic rings. The number of fused-ring (bicyclic) bond motifs is 2. The Morgan fingerprint density at radius 3 is 2.46 bits per heavy atom. The van der Waals surface area contributed by atoms with Gasteiger partial charge >= 0.3 is 0 Å². The molecule has 0 spiro atoms. The van der Waals surface area contributed by atoms with Gasteiger partial charge in [-0.25, -0.2) is 4.98 Å². The standard InChI is InChI=1S/C30H36N6O/c1-5-18(2)30-34-28-19(3)16-22(37-21-12-14-35(15-13-21)20(4)31)17-27(28)36(30)26-11-10-25(29(32)33)23-8-6-7-9-24(23)26/h6-11,16-18,21,31H,5,12-15H2,1-4H3,(H3,32,33). The quantitative estimate of drug-likeness (QED) is 0.221. The summed E-state index contributed by atoms with van der Waals surface area (Å²) in [7, 11) is 0. The molecule has 0 aliphatic carbocycles. The zero-order valence-corrected chi connectivity index (χ0v) is 22.1. The summed E-state index contributed by atoms with van der Waals surface area (Å²) in [5.74, 6) is 2.83. The van der Waals surface area contributed by atoms with Crippen molar-refractivity contribution in [3.8, 4) is 11.4 Å². The second-order valence-corrected chi connectivity index (χ2v) is 10.2. The number of nitrogen functional groups attached to an aromatic ring is 1. The van der Waals surface area contributed by atoms with Crippen LogP contribution >= 0.6 is 0 Å². The summed E-state index contributed by atoms with van der Waals surface area (Å²) >= 11 is 0. The van der Waals surface area contributed by atoms with E-state index in [4.69, 9.17) is 26.3 Å². The van der Waals surface area contributed by atoms with Crippen molar-refractivity contribution in [2.75, 3.05) is 13.1 Å². The van der Waals surface area contributed by atoms with E-state index in [-0.39, 0.29) is 17.9 Å². The lowest BCUT2D eigenvalue weighted by atomic mass is 10.0. The number of benzene rings is 3. The predicted octanol–water partition coefficient (Wildman–Crippen LogP) is 6.13. The number of aryl methyl sites for hydroxylation is 1. The molecule has 0 amide bonds. The van der Waals surface area contributed by atoms with Crippen LogP contribution in [-0.4, -0.2) is 45.3 Å². The van der Waals surface area contributed by atoms with Crippen LogP contribution in [0.3, 0.4) is 0 Å². The topological polar surface area (TPSA) is 104 Å². The fraction of sp³-hybridized carbons (Fsp3) is 0.367. The molecule has 1 aliphatic heterocycles. The Bertz CT molecular complexity index is 1500. The highest BCUT2D eigenvalue weighted by molar-refractivity contribution is 6.10. The molecule has 1 fully saturated rings. The van der Waals surface area contributed by atoms with Crippen molar-refractivity contribution >= 4 is 33.5 Å². The Labute approximate surface area is 218 Å². The van der Waals surface area contributed by atoms with Crippen molar-refractivity contribution in [2.45, 2.75) is 59.0 Å². The maximum absolute atomic E-state index is 8.08. The van der Waals surface area contributed by atoms with Crippen molar-refractivity contribution in [1.29, 1.82) is 10.8 Å². The third-order valence-corrected chi connectivity index (χ3v) is 7.65. The number of rotatable bonds is 6. The normalized spacial score (nSPS) is 15.3. The molecule has 5 rings (SSSR count). The average molecular weight is 497 g/mol. The Kier molecular flexibility index (Phi) is 6.63. The molecule has 7 heteroatoms. The smallest absolute Gasteiger partial charge is 0.123 e. The summed E-state index contributed by atoms with van der Waals surface area (Å²) in [6.07, 6.45) is 2.91. The zero-order valence-electron chi connectivity index (χ0n) is 22.1. The summed E-state index contributed by atoms with van der Waals surface area (Å²) in [4.78, 5) is 7.26. The fourth-order valence-electron chi connectivity index (χ4n) is 5.38. The number of hydrogen-bond acceptors (Lipinski definition) is 4. The van der Waals surface area contributed by atoms with Gasteiger partial charge in [0, 0.05) is 48.9 Å². The molecule has 192 valence electrons. The fourth-order valence-corrected chi connectivity index (χ4v) is 5.38. The second-order valence-electron chi connectivity index (χ2n) is 10.2. The average Bonchev–Trinajstić information content (AvgIpc) is 3.27. The first-order valence-electron chi connectivity index (χ1n) is 13.1. The van der Waals surface area contributed by atoms with Crippen LogP contribution in [0.1, 0.15) is 62.9 Å². The van der Waals surface area contributed by atoms with Crippen LogP contribution in [0.15, 0.2) is 48.5 Å². The van der Waals surface area contributed by atoms with Crippen molar-refractivity contribution in [2.24, 2.45) is 5.73 Å². The van der Waals surface area contributed by atoms with Crippen molar-refractivity contribution in [1.82, 2.24) is 14.5 Å². The number of nitrogens with zero attached hydrogens (tertiary/aromatic N) is 3. The van der Waals surface area contributed by atoms with Crippen LogP contribution < -0.4 is 10.5 Å². The molecule has 37 heavy (non-hydrogen) atoms. The lowest BCUT2D eigenvalue weighted by Crippen LogP contribution is -2.40. The Morgan fingerprint density at radius 1 is 1.11 bits per heavy atom. The largest absolute Gasteiger partial charge is 0.490 e. The van der Waals surface area contributed by atoms with E-state index < -0.39 is 0 Å². The number of hydrogen-bond donors (Lipinski definition) is 3. The van der Waals surface area contributed by atoms with Gasteiger partial charge in [0.05, 0.1) is 22.6 Å². The van der Waals surface area contributed by atoms with E-state index in [0.29, 0.717) is 5.84 Å². The molecule has 7 nitrogen and oxygen atoms in total. The van der Waals surface area contributed by atoms with Gasteiger partial charge in [-0.2, -0.15) is 0 Å². The summed E-state index contributed by atoms with van der Waals surface area (Å²) in [6, 6.07) is 16.4. The van der Waals surface area contributed by atoms with Gasteiger partial charge in [0.25, 0.3) is 0 Å². The molecule has 1 saturated heterocycles. The molecule has 3 aromatic carbocycles. The number of piperidine rings is 1. The number of ether oxygens (including phenoxy) is 1. The van der Waals surface area contributed by atoms with Crippen molar-refractivity contribution in [3.05, 3.63) is 65.5 Å². The third-order valence-electron chi connectivity index (χ3n) is 7.65. The van der Waals surface area contributed by atoms with Crippen LogP contribution in [-0.2, 0) is 0 Å². The molecule has 1 aromatic heterocycles. The van der Waals surface area contributed by atoms with Gasteiger partial charge in [-0.15, -0.1) is 0 Å². The minimum atomic E-state index is 0.0659. The van der Waals surface area contributed by atoms with E-state index in [1.807, 2.05) is 31.2 Å². The summed E-state index contributed by atoms with van der Waals surface area (Å²) in [5.41, 5.74) is 10.8. The molecule has 1 aliphatic rings. The SMILES string of the molecule is CCC(C)c1nc2c(C)cc(OC3CCN(C(C)=N)CC3)cc2n1-c1ccc(C(=N)N)c2ccccc12. The first-order valence-corrected chi connectivity index (χ1v) is 13.1. The van der Waals surface area contributed by atoms with Gasteiger partial charge in [0.2, 0.25) is 0 Å². The Morgan fingerprint density at radius 2 is 1.81 bits per heavy atom. The van der Waals surface area contributed by atoms with Crippen LogP contribution in [0.5, 0.6) is 5.75 Å². The molecule has 1 atom stereocenters. The molecular weight excluding hydrogens is 460 g/mol. The van der Waals surface area contributed by atoms with Crippen LogP contribution in [0, 0.1) is 17.7 Å². The van der Waals surface area contributed by atoms with Crippen molar-refractivity contribution < 1.29 is 4.74 Å². The zero-order chi connectivity index (χ0) is 26.3. The minimum Gasteiger partial charge on any atom is -0.490 e. The number of nitrogens with two attached hydrogens (primary N) is 1. The Balaban J connectivity index is 1.65. The van der Waals surface area contributed by atoms with E-state index in [1.54, 1.807) is 0 Å². The second kappa shape index (κ2) is 9.88. The summed E-state index contributed by atoms with van der Waals surface area (Å²) < 4.78 is 8.79. The molecule has 0 bridgehead atoms. The molecular formula is C30H36N6O. The summed E-state index contributed by atoms with van der Waals surface area (Å²) in [6.45, 7) is 10.1. The summed E-state index contributed by atoms with van der Waals surface area (Å²) in [5, 5.41) is 18.0. The maximum Gasteiger partial charge on any atom is 0.123 e. The van der Waals surface area contributed by atoms with E-state index >= 15 is 0 Å². The van der Waals surface area contributed by atoms with Crippen LogP contribution in [0.2, 0.25) is 0 Å². The number of imidazole rings is 1. The lowest BCUT2D eigenvalue weighted by Gasteiger charge is -2.32. The van der Waals surface area contributed by atoms with Gasteiger partial charge < -0.3 is 15.4 Å². The third kappa shape index (κ3) is 4.54. The number of amidine groups is 2. The van der Waals surface area contributed by atoms with E-state index in [9.17, 15) is 0 Å². The monoisotopic (exact) mass is 496 g/mol. The van der Waals surface area contributed by atoms with Crippen molar-refractivity contribution in [3.63, 3.8) is 0 Å². The van der Waals surface area contributed by atoms with Gasteiger partial charge in [0.1, 0.15) is 23.5 Å². The highest BCUT2D eigenvalue weighted by Gasteiger charge is 2.24. The number of likely N-dealkylation sites (tertiary alicyclic amines) is 1. The lowest BCUT2D eigenvalue weighted by molar-refractivity contribution is 0.130. The van der Waals surface area contributed by atoms with E-state index in [1.165, 1.54) is 0 Å². The highest BCUT2D eigenvalue weighted by atomic mass is 16.5. The van der Waals surface area contributed by atoms with E-state index in [2.05, 4.69) is 54.5 Å². The Hall–Kier alpha value is -3.87. The van der Waals surface area contributed by atoms with Crippen LogP contribution in [0.4, 0.5) is 0 Å². The van der Waals surface area contributed by atoms with Gasteiger partial charge in [-0.1, -0.05) is 38.1 Å². The molecule has 4 N–H and O–H groups in total. The predicted molar refractivity (Wildman–Crippen MR) is 152 cm³/mol. The molecule has 0 radical (unpaired) electrons. The number of nitrogens with one attached hydrogen (secondary N) is 2. The first kappa shape index (κ1) is 24.8. The number of aromatic nitrogens is 2. The maximum atomic E-state index is 8.08. The van der Waals surface area contributed by atoms with Crippen LogP contribution in [0.25, 0.3) is 27.5 Å². The molecule has 1 unspecified atom stereocenters. The van der Waals surface area contributed by atoms with Gasteiger partial charge in [-0.05, 0) is 49.4 Å². The molecule has 0 saturated carbocycles.